The van der Waals surface area contributed by atoms with E-state index in [-0.39, 0.29) is 0 Å². The van der Waals surface area contributed by atoms with Gasteiger partial charge in [0.05, 0.1) is 12.7 Å². The molecule has 1 heterocycles. The lowest BCUT2D eigenvalue weighted by atomic mass is 10.0. The molecule has 3 N–H and O–H groups in total. The number of aliphatic hydroxyl groups excluding tert-OH is 1. The van der Waals surface area contributed by atoms with Gasteiger partial charge in [0.15, 0.2) is 0 Å². The summed E-state index contributed by atoms with van der Waals surface area (Å²) in [5.41, 5.74) is 7.44. The molecule has 1 atom stereocenters. The first-order valence-electron chi connectivity index (χ1n) is 6.31. The Hall–Kier alpha value is -2.07. The van der Waals surface area contributed by atoms with E-state index in [4.69, 9.17) is 10.5 Å². The van der Waals surface area contributed by atoms with Crippen LogP contribution in [0.1, 0.15) is 24.2 Å². The van der Waals surface area contributed by atoms with Gasteiger partial charge in [-0.2, -0.15) is 0 Å². The zero-order valence-corrected chi connectivity index (χ0v) is 10.9. The van der Waals surface area contributed by atoms with E-state index in [9.17, 15) is 5.11 Å². The highest BCUT2D eigenvalue weighted by molar-refractivity contribution is 5.40. The van der Waals surface area contributed by atoms with E-state index < -0.39 is 6.10 Å². The number of anilines is 1. The zero-order chi connectivity index (χ0) is 13.7. The third-order valence-electron chi connectivity index (χ3n) is 2.89. The fourth-order valence-corrected chi connectivity index (χ4v) is 1.93. The van der Waals surface area contributed by atoms with Gasteiger partial charge in [-0.15, -0.1) is 0 Å². The van der Waals surface area contributed by atoms with Crippen LogP contribution >= 0.6 is 0 Å². The molecule has 0 saturated heterocycles. The first-order chi connectivity index (χ1) is 9.20. The van der Waals surface area contributed by atoms with Gasteiger partial charge in [0.25, 0.3) is 0 Å². The van der Waals surface area contributed by atoms with Crippen molar-refractivity contribution in [3.8, 4) is 5.75 Å². The summed E-state index contributed by atoms with van der Waals surface area (Å²) in [5.74, 6) is 1.22. The molecule has 0 aliphatic heterocycles. The highest BCUT2D eigenvalue weighted by Gasteiger charge is 2.11. The maximum absolute atomic E-state index is 10.3. The van der Waals surface area contributed by atoms with Crippen molar-refractivity contribution in [2.75, 3.05) is 12.3 Å². The molecule has 4 heteroatoms. The van der Waals surface area contributed by atoms with Crippen molar-refractivity contribution in [2.24, 2.45) is 0 Å². The van der Waals surface area contributed by atoms with E-state index >= 15 is 0 Å². The number of aromatic nitrogens is 1. The normalized spacial score (nSPS) is 12.1. The number of benzene rings is 1. The largest absolute Gasteiger partial charge is 0.494 e. The van der Waals surface area contributed by atoms with Gasteiger partial charge in [0.2, 0.25) is 0 Å². The molecular weight excluding hydrogens is 240 g/mol. The van der Waals surface area contributed by atoms with Gasteiger partial charge in [-0.3, -0.25) is 0 Å². The molecule has 19 heavy (non-hydrogen) atoms. The van der Waals surface area contributed by atoms with E-state index in [2.05, 4.69) is 4.98 Å². The molecule has 0 aliphatic rings. The molecule has 0 fully saturated rings. The van der Waals surface area contributed by atoms with Gasteiger partial charge in [0, 0.05) is 12.6 Å². The third kappa shape index (κ3) is 3.45. The number of rotatable bonds is 5. The average molecular weight is 258 g/mol. The van der Waals surface area contributed by atoms with Gasteiger partial charge in [0.1, 0.15) is 11.6 Å². The predicted molar refractivity (Wildman–Crippen MR) is 74.9 cm³/mol. The minimum absolute atomic E-state index is 0.440. The molecule has 100 valence electrons. The van der Waals surface area contributed by atoms with Crippen molar-refractivity contribution >= 4 is 5.82 Å². The number of nitrogens with two attached hydrogens (primary N) is 1. The van der Waals surface area contributed by atoms with Crippen LogP contribution in [0, 0.1) is 0 Å². The summed E-state index contributed by atoms with van der Waals surface area (Å²) >= 11 is 0. The van der Waals surface area contributed by atoms with E-state index in [1.165, 1.54) is 0 Å². The van der Waals surface area contributed by atoms with E-state index in [0.29, 0.717) is 18.8 Å². The van der Waals surface area contributed by atoms with Crippen LogP contribution in [-0.4, -0.2) is 16.7 Å². The molecule has 2 rings (SSSR count). The second-order valence-corrected chi connectivity index (χ2v) is 4.27. The van der Waals surface area contributed by atoms with Crippen molar-refractivity contribution in [1.29, 1.82) is 0 Å². The minimum atomic E-state index is -0.619. The maximum atomic E-state index is 10.3. The van der Waals surface area contributed by atoms with Crippen LogP contribution in [-0.2, 0) is 6.42 Å². The van der Waals surface area contributed by atoms with Crippen molar-refractivity contribution in [2.45, 2.75) is 19.4 Å². The summed E-state index contributed by atoms with van der Waals surface area (Å²) in [6.07, 6.45) is 1.46. The number of nitrogens with zero attached hydrogens (tertiary/aromatic N) is 1. The summed E-state index contributed by atoms with van der Waals surface area (Å²) in [6.45, 7) is 2.54. The minimum Gasteiger partial charge on any atom is -0.494 e. The smallest absolute Gasteiger partial charge is 0.126 e. The SMILES string of the molecule is CCOc1cccc(C(O)Cc2cccnc2N)c1. The van der Waals surface area contributed by atoms with Crippen molar-refractivity contribution < 1.29 is 9.84 Å². The van der Waals surface area contributed by atoms with Gasteiger partial charge in [-0.05, 0) is 36.2 Å². The molecule has 1 unspecified atom stereocenters. The summed E-state index contributed by atoms with van der Waals surface area (Å²) in [7, 11) is 0. The number of nitrogen functional groups attached to an aromatic ring is 1. The quantitative estimate of drug-likeness (QED) is 0.863. The Balaban J connectivity index is 2.13. The molecule has 1 aromatic heterocycles. The number of pyridine rings is 1. The second-order valence-electron chi connectivity index (χ2n) is 4.27. The first-order valence-corrected chi connectivity index (χ1v) is 6.31. The Morgan fingerprint density at radius 3 is 2.89 bits per heavy atom. The highest BCUT2D eigenvalue weighted by Crippen LogP contribution is 2.23. The summed E-state index contributed by atoms with van der Waals surface area (Å²) in [5, 5.41) is 10.3. The van der Waals surface area contributed by atoms with E-state index in [0.717, 1.165) is 16.9 Å². The number of hydrogen-bond donors (Lipinski definition) is 2. The van der Waals surface area contributed by atoms with Crippen LogP contribution in [0.4, 0.5) is 5.82 Å². The van der Waals surface area contributed by atoms with E-state index in [1.54, 1.807) is 6.20 Å². The Morgan fingerprint density at radius 2 is 2.16 bits per heavy atom. The zero-order valence-electron chi connectivity index (χ0n) is 10.9. The molecule has 0 bridgehead atoms. The summed E-state index contributed by atoms with van der Waals surface area (Å²) < 4.78 is 5.42. The lowest BCUT2D eigenvalue weighted by Gasteiger charge is -2.13. The van der Waals surface area contributed by atoms with Crippen LogP contribution in [0.2, 0.25) is 0 Å². The topological polar surface area (TPSA) is 68.4 Å². The maximum Gasteiger partial charge on any atom is 0.126 e. The summed E-state index contributed by atoms with van der Waals surface area (Å²) in [6, 6.07) is 11.2. The molecule has 1 aromatic carbocycles. The van der Waals surface area contributed by atoms with Crippen molar-refractivity contribution in [1.82, 2.24) is 4.98 Å². The first kappa shape index (κ1) is 13.4. The lowest BCUT2D eigenvalue weighted by Crippen LogP contribution is -2.05. The predicted octanol–water partition coefficient (Wildman–Crippen LogP) is 2.34. The third-order valence-corrected chi connectivity index (χ3v) is 2.89. The molecule has 0 amide bonds. The number of ether oxygens (including phenoxy) is 1. The molecule has 4 nitrogen and oxygen atoms in total. The van der Waals surface area contributed by atoms with Crippen LogP contribution < -0.4 is 10.5 Å². The monoisotopic (exact) mass is 258 g/mol. The Bertz CT molecular complexity index is 543. The molecule has 0 aliphatic carbocycles. The Labute approximate surface area is 112 Å². The lowest BCUT2D eigenvalue weighted by molar-refractivity contribution is 0.178. The Morgan fingerprint density at radius 1 is 1.32 bits per heavy atom. The molecule has 0 saturated carbocycles. The molecule has 0 radical (unpaired) electrons. The molecular formula is C15H18N2O2. The van der Waals surface area contributed by atoms with Crippen LogP contribution in [0.15, 0.2) is 42.6 Å². The van der Waals surface area contributed by atoms with Gasteiger partial charge < -0.3 is 15.6 Å². The standard InChI is InChI=1S/C15H18N2O2/c1-2-19-13-7-3-5-11(9-13)14(18)10-12-6-4-8-17-15(12)16/h3-9,14,18H,2,10H2,1H3,(H2,16,17). The fraction of sp³-hybridized carbons (Fsp3) is 0.267. The van der Waals surface area contributed by atoms with Crippen molar-refractivity contribution in [3.63, 3.8) is 0 Å². The second kappa shape index (κ2) is 6.20. The number of hydrogen-bond acceptors (Lipinski definition) is 4. The number of aliphatic hydroxyl groups is 1. The summed E-state index contributed by atoms with van der Waals surface area (Å²) in [4.78, 5) is 4.01. The van der Waals surface area contributed by atoms with Crippen molar-refractivity contribution in [3.05, 3.63) is 53.7 Å². The van der Waals surface area contributed by atoms with Crippen LogP contribution in [0.25, 0.3) is 0 Å². The average Bonchev–Trinajstić information content (AvgIpc) is 2.42. The van der Waals surface area contributed by atoms with Gasteiger partial charge in [-0.25, -0.2) is 4.98 Å². The van der Waals surface area contributed by atoms with Gasteiger partial charge >= 0.3 is 0 Å². The fourth-order valence-electron chi connectivity index (χ4n) is 1.93. The Kier molecular flexibility index (Phi) is 4.36. The highest BCUT2D eigenvalue weighted by atomic mass is 16.5. The molecule has 2 aromatic rings. The van der Waals surface area contributed by atoms with E-state index in [1.807, 2.05) is 43.3 Å². The van der Waals surface area contributed by atoms with Gasteiger partial charge in [-0.1, -0.05) is 18.2 Å². The van der Waals surface area contributed by atoms with Crippen LogP contribution in [0.5, 0.6) is 5.75 Å². The van der Waals surface area contributed by atoms with Crippen LogP contribution in [0.3, 0.4) is 0 Å². The molecule has 0 spiro atoms.